The Bertz CT molecular complexity index is 644. The molecular formula is C15H15N3O3. The maximum atomic E-state index is 12.4. The highest BCUT2D eigenvalue weighted by Gasteiger charge is 2.20. The highest BCUT2D eigenvalue weighted by atomic mass is 16.6. The molecule has 0 aliphatic carbocycles. The van der Waals surface area contributed by atoms with Crippen LogP contribution in [0, 0.1) is 10.1 Å². The summed E-state index contributed by atoms with van der Waals surface area (Å²) in [7, 11) is 0. The third-order valence-corrected chi connectivity index (χ3v) is 3.10. The summed E-state index contributed by atoms with van der Waals surface area (Å²) in [5.41, 5.74) is 0.858. The Morgan fingerprint density at radius 2 is 1.95 bits per heavy atom. The second-order valence-corrected chi connectivity index (χ2v) is 4.42. The molecule has 1 amide bonds. The van der Waals surface area contributed by atoms with Gasteiger partial charge in [0.25, 0.3) is 11.6 Å². The zero-order valence-corrected chi connectivity index (χ0v) is 11.6. The number of rotatable bonds is 5. The van der Waals surface area contributed by atoms with Gasteiger partial charge in [-0.15, -0.1) is 0 Å². The maximum Gasteiger partial charge on any atom is 0.274 e. The SMILES string of the molecule is CCN(Cc1ccccc1[N+](=O)[O-])C(=O)c1ccccn1. The lowest BCUT2D eigenvalue weighted by Crippen LogP contribution is -2.31. The summed E-state index contributed by atoms with van der Waals surface area (Å²) in [6.45, 7) is 2.46. The van der Waals surface area contributed by atoms with Gasteiger partial charge in [-0.1, -0.05) is 24.3 Å². The fourth-order valence-corrected chi connectivity index (χ4v) is 2.01. The van der Waals surface area contributed by atoms with Crippen molar-refractivity contribution in [2.24, 2.45) is 0 Å². The Morgan fingerprint density at radius 1 is 1.24 bits per heavy atom. The predicted molar refractivity (Wildman–Crippen MR) is 77.7 cm³/mol. The molecule has 0 aliphatic heterocycles. The van der Waals surface area contributed by atoms with Crippen LogP contribution in [0.5, 0.6) is 0 Å². The molecule has 0 atom stereocenters. The molecule has 6 heteroatoms. The molecule has 108 valence electrons. The Kier molecular flexibility index (Phi) is 4.61. The Balaban J connectivity index is 2.24. The molecule has 2 rings (SSSR count). The van der Waals surface area contributed by atoms with E-state index in [4.69, 9.17) is 0 Å². The average molecular weight is 285 g/mol. The summed E-state index contributed by atoms with van der Waals surface area (Å²) in [4.78, 5) is 28.5. The van der Waals surface area contributed by atoms with Crippen molar-refractivity contribution >= 4 is 11.6 Å². The fraction of sp³-hybridized carbons (Fsp3) is 0.200. The first kappa shape index (κ1) is 14.6. The molecule has 0 saturated carbocycles. The van der Waals surface area contributed by atoms with Crippen molar-refractivity contribution in [1.82, 2.24) is 9.88 Å². The standard InChI is InChI=1S/C15H15N3O3/c1-2-17(15(19)13-8-5-6-10-16-13)11-12-7-3-4-9-14(12)18(20)21/h3-10H,2,11H2,1H3. The third-order valence-electron chi connectivity index (χ3n) is 3.10. The zero-order chi connectivity index (χ0) is 15.2. The van der Waals surface area contributed by atoms with Crippen LogP contribution in [-0.4, -0.2) is 27.3 Å². The summed E-state index contributed by atoms with van der Waals surface area (Å²) < 4.78 is 0. The van der Waals surface area contributed by atoms with Crippen LogP contribution >= 0.6 is 0 Å². The Labute approximate surface area is 122 Å². The molecule has 0 bridgehead atoms. The molecule has 1 aromatic heterocycles. The minimum Gasteiger partial charge on any atom is -0.333 e. The van der Waals surface area contributed by atoms with E-state index in [9.17, 15) is 14.9 Å². The Morgan fingerprint density at radius 3 is 2.57 bits per heavy atom. The van der Waals surface area contributed by atoms with Crippen LogP contribution in [-0.2, 0) is 6.54 Å². The van der Waals surface area contributed by atoms with Crippen LogP contribution in [0.1, 0.15) is 23.0 Å². The van der Waals surface area contributed by atoms with Crippen molar-refractivity contribution in [2.45, 2.75) is 13.5 Å². The lowest BCUT2D eigenvalue weighted by Gasteiger charge is -2.20. The van der Waals surface area contributed by atoms with Crippen molar-refractivity contribution in [3.63, 3.8) is 0 Å². The minimum absolute atomic E-state index is 0.0183. The number of amides is 1. The van der Waals surface area contributed by atoms with Gasteiger partial charge < -0.3 is 4.90 Å². The van der Waals surface area contributed by atoms with Gasteiger partial charge in [-0.3, -0.25) is 19.9 Å². The van der Waals surface area contributed by atoms with E-state index in [0.717, 1.165) is 0 Å². The molecule has 0 radical (unpaired) electrons. The first-order valence-electron chi connectivity index (χ1n) is 6.56. The molecule has 0 fully saturated rings. The number of benzene rings is 1. The number of para-hydroxylation sites is 1. The minimum atomic E-state index is -0.436. The molecule has 21 heavy (non-hydrogen) atoms. The van der Waals surface area contributed by atoms with E-state index >= 15 is 0 Å². The predicted octanol–water partition coefficient (Wildman–Crippen LogP) is 2.65. The number of nitro benzene ring substituents is 1. The van der Waals surface area contributed by atoms with Gasteiger partial charge in [0.05, 0.1) is 11.5 Å². The van der Waals surface area contributed by atoms with Gasteiger partial charge in [0.15, 0.2) is 0 Å². The smallest absolute Gasteiger partial charge is 0.274 e. The van der Waals surface area contributed by atoms with E-state index in [1.807, 2.05) is 6.92 Å². The van der Waals surface area contributed by atoms with Crippen molar-refractivity contribution in [3.05, 3.63) is 70.0 Å². The highest BCUT2D eigenvalue weighted by molar-refractivity contribution is 5.92. The molecular weight excluding hydrogens is 270 g/mol. The van der Waals surface area contributed by atoms with E-state index in [2.05, 4.69) is 4.98 Å². The van der Waals surface area contributed by atoms with E-state index in [1.165, 1.54) is 11.0 Å². The highest BCUT2D eigenvalue weighted by Crippen LogP contribution is 2.20. The number of hydrogen-bond donors (Lipinski definition) is 0. The topological polar surface area (TPSA) is 76.3 Å². The Hall–Kier alpha value is -2.76. The first-order valence-corrected chi connectivity index (χ1v) is 6.56. The number of hydrogen-bond acceptors (Lipinski definition) is 4. The van der Waals surface area contributed by atoms with Gasteiger partial charge in [0.2, 0.25) is 0 Å². The molecule has 0 N–H and O–H groups in total. The van der Waals surface area contributed by atoms with Gasteiger partial charge in [0.1, 0.15) is 5.69 Å². The van der Waals surface area contributed by atoms with Crippen LogP contribution in [0.4, 0.5) is 5.69 Å². The monoisotopic (exact) mass is 285 g/mol. The van der Waals surface area contributed by atoms with Crippen LogP contribution < -0.4 is 0 Å². The van der Waals surface area contributed by atoms with Crippen LogP contribution in [0.3, 0.4) is 0 Å². The number of nitrogens with zero attached hydrogens (tertiary/aromatic N) is 3. The van der Waals surface area contributed by atoms with Gasteiger partial charge in [-0.25, -0.2) is 0 Å². The zero-order valence-electron chi connectivity index (χ0n) is 11.6. The first-order chi connectivity index (χ1) is 10.1. The van der Waals surface area contributed by atoms with E-state index in [1.54, 1.807) is 42.6 Å². The summed E-state index contributed by atoms with van der Waals surface area (Å²) in [5.74, 6) is -0.240. The largest absolute Gasteiger partial charge is 0.333 e. The van der Waals surface area contributed by atoms with Crippen LogP contribution in [0.2, 0.25) is 0 Å². The summed E-state index contributed by atoms with van der Waals surface area (Å²) in [6.07, 6.45) is 1.55. The summed E-state index contributed by atoms with van der Waals surface area (Å²) in [5, 5.41) is 11.0. The van der Waals surface area contributed by atoms with Crippen molar-refractivity contribution in [3.8, 4) is 0 Å². The summed E-state index contributed by atoms with van der Waals surface area (Å²) >= 11 is 0. The quantitative estimate of drug-likeness (QED) is 0.625. The van der Waals surface area contributed by atoms with Gasteiger partial charge in [0, 0.05) is 24.4 Å². The lowest BCUT2D eigenvalue weighted by atomic mass is 10.1. The number of carbonyl (C=O) groups is 1. The van der Waals surface area contributed by atoms with Gasteiger partial charge >= 0.3 is 0 Å². The third kappa shape index (κ3) is 3.42. The molecule has 1 heterocycles. The van der Waals surface area contributed by atoms with E-state index in [0.29, 0.717) is 17.8 Å². The van der Waals surface area contributed by atoms with Crippen LogP contribution in [0.15, 0.2) is 48.7 Å². The van der Waals surface area contributed by atoms with E-state index in [-0.39, 0.29) is 18.1 Å². The molecule has 0 unspecified atom stereocenters. The maximum absolute atomic E-state index is 12.4. The second-order valence-electron chi connectivity index (χ2n) is 4.42. The molecule has 2 aromatic rings. The average Bonchev–Trinajstić information content (AvgIpc) is 2.53. The lowest BCUT2D eigenvalue weighted by molar-refractivity contribution is -0.385. The number of nitro groups is 1. The number of pyridine rings is 1. The van der Waals surface area contributed by atoms with Gasteiger partial charge in [-0.2, -0.15) is 0 Å². The number of aromatic nitrogens is 1. The molecule has 0 spiro atoms. The van der Waals surface area contributed by atoms with Crippen molar-refractivity contribution in [1.29, 1.82) is 0 Å². The summed E-state index contributed by atoms with van der Waals surface area (Å²) in [6, 6.07) is 11.5. The van der Waals surface area contributed by atoms with Crippen molar-refractivity contribution < 1.29 is 9.72 Å². The molecule has 0 saturated heterocycles. The normalized spacial score (nSPS) is 10.1. The van der Waals surface area contributed by atoms with Gasteiger partial charge in [-0.05, 0) is 19.1 Å². The fourth-order valence-electron chi connectivity index (χ4n) is 2.01. The van der Waals surface area contributed by atoms with E-state index < -0.39 is 4.92 Å². The molecule has 1 aromatic carbocycles. The number of carbonyl (C=O) groups excluding carboxylic acids is 1. The molecule has 6 nitrogen and oxygen atoms in total. The second kappa shape index (κ2) is 6.60. The molecule has 0 aliphatic rings. The van der Waals surface area contributed by atoms with Crippen LogP contribution in [0.25, 0.3) is 0 Å². The van der Waals surface area contributed by atoms with Crippen molar-refractivity contribution in [2.75, 3.05) is 6.54 Å².